The molecule has 2 aromatic rings. The first-order valence-corrected chi connectivity index (χ1v) is 9.67. The Morgan fingerprint density at radius 3 is 2.34 bits per heavy atom. The van der Waals surface area contributed by atoms with Gasteiger partial charge in [-0.15, -0.1) is 0 Å². The number of piperidine rings is 1. The molecule has 6 nitrogen and oxygen atoms in total. The number of amides is 2. The fourth-order valence-corrected chi connectivity index (χ4v) is 4.30. The number of anilines is 1. The summed E-state index contributed by atoms with van der Waals surface area (Å²) in [5.41, 5.74) is 1.87. The number of imide groups is 1. The van der Waals surface area contributed by atoms with E-state index in [1.807, 2.05) is 36.4 Å². The number of nitriles is 1. The zero-order chi connectivity index (χ0) is 20.6. The maximum Gasteiger partial charge on any atom is 0.264 e. The standard InChI is InChI=1S/C23H21N3O3/c1-16(27)14-26-21(28)18-8-5-9-19(20(18)22(26)29)25-12-10-23(15-24,11-13-25)17-6-3-2-4-7-17/h2-9H,10-14H2,1H3. The maximum absolute atomic E-state index is 12.9. The van der Waals surface area contributed by atoms with E-state index in [9.17, 15) is 19.6 Å². The first-order chi connectivity index (χ1) is 14.0. The Kier molecular flexibility index (Phi) is 4.67. The van der Waals surface area contributed by atoms with Crippen molar-refractivity contribution in [1.29, 1.82) is 5.26 Å². The molecule has 0 unspecified atom stereocenters. The van der Waals surface area contributed by atoms with Crippen LogP contribution in [0.3, 0.4) is 0 Å². The third-order valence-corrected chi connectivity index (χ3v) is 5.86. The van der Waals surface area contributed by atoms with Crippen LogP contribution in [0.25, 0.3) is 0 Å². The molecule has 2 aromatic carbocycles. The van der Waals surface area contributed by atoms with Crippen LogP contribution >= 0.6 is 0 Å². The van der Waals surface area contributed by atoms with Gasteiger partial charge in [0, 0.05) is 13.1 Å². The van der Waals surface area contributed by atoms with Crippen molar-refractivity contribution in [2.75, 3.05) is 24.5 Å². The van der Waals surface area contributed by atoms with Crippen molar-refractivity contribution in [3.8, 4) is 6.07 Å². The number of carbonyl (C=O) groups is 3. The first-order valence-electron chi connectivity index (χ1n) is 9.67. The fourth-order valence-electron chi connectivity index (χ4n) is 4.30. The van der Waals surface area contributed by atoms with E-state index in [0.29, 0.717) is 42.7 Å². The second kappa shape index (κ2) is 7.17. The third-order valence-electron chi connectivity index (χ3n) is 5.86. The van der Waals surface area contributed by atoms with Crippen molar-refractivity contribution < 1.29 is 14.4 Å². The van der Waals surface area contributed by atoms with Crippen LogP contribution in [0.4, 0.5) is 5.69 Å². The Morgan fingerprint density at radius 2 is 1.72 bits per heavy atom. The summed E-state index contributed by atoms with van der Waals surface area (Å²) >= 11 is 0. The van der Waals surface area contributed by atoms with Crippen LogP contribution in [0.2, 0.25) is 0 Å². The van der Waals surface area contributed by atoms with E-state index < -0.39 is 17.2 Å². The lowest BCUT2D eigenvalue weighted by Gasteiger charge is -2.39. The number of ketones is 1. The molecule has 0 aromatic heterocycles. The molecular weight excluding hydrogens is 366 g/mol. The van der Waals surface area contributed by atoms with Gasteiger partial charge in [0.2, 0.25) is 0 Å². The summed E-state index contributed by atoms with van der Waals surface area (Å²) in [6, 6.07) is 17.5. The molecule has 0 saturated carbocycles. The molecule has 2 heterocycles. The number of fused-ring (bicyclic) bond motifs is 1. The predicted molar refractivity (Wildman–Crippen MR) is 108 cm³/mol. The van der Waals surface area contributed by atoms with Gasteiger partial charge in [-0.25, -0.2) is 0 Å². The van der Waals surface area contributed by atoms with Crippen molar-refractivity contribution in [1.82, 2.24) is 4.90 Å². The Morgan fingerprint density at radius 1 is 1.03 bits per heavy atom. The van der Waals surface area contributed by atoms with Crippen molar-refractivity contribution in [3.05, 3.63) is 65.2 Å². The average molecular weight is 387 g/mol. The van der Waals surface area contributed by atoms with Gasteiger partial charge in [0.05, 0.1) is 34.8 Å². The molecule has 0 atom stereocenters. The second-order valence-electron chi connectivity index (χ2n) is 7.65. The molecule has 0 aliphatic carbocycles. The molecule has 4 rings (SSSR count). The van der Waals surface area contributed by atoms with Gasteiger partial charge < -0.3 is 4.90 Å². The molecule has 6 heteroatoms. The van der Waals surface area contributed by atoms with Crippen LogP contribution in [-0.4, -0.2) is 42.1 Å². The van der Waals surface area contributed by atoms with E-state index in [1.54, 1.807) is 12.1 Å². The molecule has 29 heavy (non-hydrogen) atoms. The summed E-state index contributed by atoms with van der Waals surface area (Å²) in [7, 11) is 0. The Labute approximate surface area is 169 Å². The Hall–Kier alpha value is -3.46. The first kappa shape index (κ1) is 18.9. The molecule has 2 aliphatic rings. The average Bonchev–Trinajstić information content (AvgIpc) is 2.99. The lowest BCUT2D eigenvalue weighted by Crippen LogP contribution is -2.42. The molecule has 0 bridgehead atoms. The van der Waals surface area contributed by atoms with Crippen molar-refractivity contribution >= 4 is 23.3 Å². The zero-order valence-corrected chi connectivity index (χ0v) is 16.2. The fraction of sp³-hybridized carbons (Fsp3) is 0.304. The normalized spacial score (nSPS) is 17.8. The number of Topliss-reactive ketones (excluding diaryl/α,β-unsaturated/α-hetero) is 1. The zero-order valence-electron chi connectivity index (χ0n) is 16.2. The monoisotopic (exact) mass is 387 g/mol. The molecule has 2 amide bonds. The van der Waals surface area contributed by atoms with E-state index >= 15 is 0 Å². The summed E-state index contributed by atoms with van der Waals surface area (Å²) < 4.78 is 0. The smallest absolute Gasteiger partial charge is 0.264 e. The minimum absolute atomic E-state index is 0.211. The largest absolute Gasteiger partial charge is 0.371 e. The van der Waals surface area contributed by atoms with Gasteiger partial charge >= 0.3 is 0 Å². The van der Waals surface area contributed by atoms with Gasteiger partial charge in [-0.1, -0.05) is 36.4 Å². The van der Waals surface area contributed by atoms with Crippen LogP contribution in [0, 0.1) is 11.3 Å². The lowest BCUT2D eigenvalue weighted by atomic mass is 9.74. The second-order valence-corrected chi connectivity index (χ2v) is 7.65. The molecule has 0 spiro atoms. The third kappa shape index (κ3) is 3.09. The van der Waals surface area contributed by atoms with Crippen LogP contribution in [0.15, 0.2) is 48.5 Å². The van der Waals surface area contributed by atoms with Gasteiger partial charge in [0.25, 0.3) is 11.8 Å². The number of carbonyl (C=O) groups excluding carboxylic acids is 3. The van der Waals surface area contributed by atoms with Gasteiger partial charge in [0.1, 0.15) is 5.78 Å². The van der Waals surface area contributed by atoms with Gasteiger partial charge in [-0.05, 0) is 37.5 Å². The maximum atomic E-state index is 12.9. The predicted octanol–water partition coefficient (Wildman–Crippen LogP) is 2.93. The number of rotatable bonds is 4. The van der Waals surface area contributed by atoms with Crippen LogP contribution in [0.1, 0.15) is 46.0 Å². The quantitative estimate of drug-likeness (QED) is 0.754. The van der Waals surface area contributed by atoms with E-state index in [4.69, 9.17) is 0 Å². The minimum Gasteiger partial charge on any atom is -0.371 e. The van der Waals surface area contributed by atoms with Crippen molar-refractivity contribution in [2.24, 2.45) is 0 Å². The summed E-state index contributed by atoms with van der Waals surface area (Å²) in [5, 5.41) is 9.90. The highest BCUT2D eigenvalue weighted by atomic mass is 16.2. The van der Waals surface area contributed by atoms with Gasteiger partial charge in [-0.3, -0.25) is 19.3 Å². The Bertz CT molecular complexity index is 1030. The van der Waals surface area contributed by atoms with E-state index in [-0.39, 0.29) is 12.3 Å². The lowest BCUT2D eigenvalue weighted by molar-refractivity contribution is -0.117. The molecule has 1 saturated heterocycles. The van der Waals surface area contributed by atoms with E-state index in [1.165, 1.54) is 6.92 Å². The SMILES string of the molecule is CC(=O)CN1C(=O)c2cccc(N3CCC(C#N)(c4ccccc4)CC3)c2C1=O. The molecule has 146 valence electrons. The highest BCUT2D eigenvalue weighted by Gasteiger charge is 2.41. The highest BCUT2D eigenvalue weighted by Crippen LogP contribution is 2.39. The van der Waals surface area contributed by atoms with Crippen LogP contribution in [0.5, 0.6) is 0 Å². The van der Waals surface area contributed by atoms with Crippen LogP contribution in [-0.2, 0) is 10.2 Å². The molecule has 2 aliphatic heterocycles. The van der Waals surface area contributed by atoms with E-state index in [0.717, 1.165) is 10.5 Å². The molecular formula is C23H21N3O3. The van der Waals surface area contributed by atoms with Gasteiger partial charge in [-0.2, -0.15) is 5.26 Å². The van der Waals surface area contributed by atoms with Gasteiger partial charge in [0.15, 0.2) is 0 Å². The van der Waals surface area contributed by atoms with Crippen molar-refractivity contribution in [2.45, 2.75) is 25.2 Å². The minimum atomic E-state index is -0.545. The highest BCUT2D eigenvalue weighted by molar-refractivity contribution is 6.24. The molecule has 1 fully saturated rings. The van der Waals surface area contributed by atoms with Crippen LogP contribution < -0.4 is 4.90 Å². The number of hydrogen-bond acceptors (Lipinski definition) is 5. The molecule has 0 radical (unpaired) electrons. The Balaban J connectivity index is 1.62. The summed E-state index contributed by atoms with van der Waals surface area (Å²) in [5.74, 6) is -1.08. The number of nitrogens with zero attached hydrogens (tertiary/aromatic N) is 3. The summed E-state index contributed by atoms with van der Waals surface area (Å²) in [4.78, 5) is 40.1. The summed E-state index contributed by atoms with van der Waals surface area (Å²) in [6.45, 7) is 2.36. The number of benzene rings is 2. The topological polar surface area (TPSA) is 81.5 Å². The summed E-state index contributed by atoms with van der Waals surface area (Å²) in [6.07, 6.45) is 1.27. The van der Waals surface area contributed by atoms with Crippen molar-refractivity contribution in [3.63, 3.8) is 0 Å². The number of hydrogen-bond donors (Lipinski definition) is 0. The van der Waals surface area contributed by atoms with E-state index in [2.05, 4.69) is 11.0 Å². The molecule has 0 N–H and O–H groups in total.